The van der Waals surface area contributed by atoms with Crippen molar-refractivity contribution in [3.63, 3.8) is 0 Å². The summed E-state index contributed by atoms with van der Waals surface area (Å²) < 4.78 is 7.95. The number of nitrogens with one attached hydrogen (secondary N) is 1. The summed E-state index contributed by atoms with van der Waals surface area (Å²) in [5.74, 6) is 0.338. The van der Waals surface area contributed by atoms with Crippen molar-refractivity contribution in [2.75, 3.05) is 6.61 Å². The summed E-state index contributed by atoms with van der Waals surface area (Å²) in [5, 5.41) is 17.0. The molecule has 0 saturated heterocycles. The summed E-state index contributed by atoms with van der Waals surface area (Å²) >= 11 is 0. The summed E-state index contributed by atoms with van der Waals surface area (Å²) in [6.45, 7) is 0.589. The van der Waals surface area contributed by atoms with E-state index in [1.54, 1.807) is 42.9 Å². The van der Waals surface area contributed by atoms with Crippen LogP contribution in [0.1, 0.15) is 15.9 Å². The largest absolute Gasteiger partial charge is 0.491 e. The van der Waals surface area contributed by atoms with Gasteiger partial charge in [0.25, 0.3) is 5.91 Å². The number of aliphatic hydroxyl groups is 1. The molecule has 35 heavy (non-hydrogen) atoms. The van der Waals surface area contributed by atoms with Crippen molar-refractivity contribution < 1.29 is 14.6 Å². The zero-order chi connectivity index (χ0) is 24.0. The van der Waals surface area contributed by atoms with Crippen LogP contribution < -0.4 is 10.2 Å². The van der Waals surface area contributed by atoms with Crippen LogP contribution in [0.4, 0.5) is 0 Å². The van der Waals surface area contributed by atoms with Gasteiger partial charge in [0, 0.05) is 39.8 Å². The Labute approximate surface area is 202 Å². The number of rotatable bonds is 8. The first-order valence-electron chi connectivity index (χ1n) is 11.3. The summed E-state index contributed by atoms with van der Waals surface area (Å²) in [6.07, 6.45) is 3.98. The second kappa shape index (κ2) is 10.2. The minimum absolute atomic E-state index is 0.163. The molecule has 0 bridgehead atoms. The normalized spacial score (nSPS) is 12.3. The molecule has 5 rings (SSSR count). The lowest BCUT2D eigenvalue weighted by Gasteiger charge is -2.15. The van der Waals surface area contributed by atoms with Gasteiger partial charge in [0.05, 0.1) is 12.8 Å². The molecule has 0 aliphatic heterocycles. The number of nitrogens with zero attached hydrogens (tertiary/aromatic N) is 3. The first-order chi connectivity index (χ1) is 17.2. The Morgan fingerprint density at radius 1 is 0.943 bits per heavy atom. The number of aliphatic hydroxyl groups excluding tert-OH is 1. The number of amides is 1. The van der Waals surface area contributed by atoms with Crippen LogP contribution in [0.2, 0.25) is 0 Å². The number of pyridine rings is 1. The van der Waals surface area contributed by atoms with Crippen LogP contribution >= 0.6 is 0 Å². The number of fused-ring (bicyclic) bond motifs is 3. The fraction of sp³-hybridized carbons (Fsp3) is 0.107. The average molecular weight is 465 g/mol. The van der Waals surface area contributed by atoms with Gasteiger partial charge in [-0.2, -0.15) is 5.10 Å². The highest BCUT2D eigenvalue weighted by Crippen LogP contribution is 2.28. The van der Waals surface area contributed by atoms with Gasteiger partial charge in [-0.05, 0) is 54.1 Å². The molecular formula is C28H24N4O3. The van der Waals surface area contributed by atoms with E-state index in [4.69, 9.17) is 4.74 Å². The second-order valence-corrected chi connectivity index (χ2v) is 8.11. The summed E-state index contributed by atoms with van der Waals surface area (Å²) in [7, 11) is 0. The third kappa shape index (κ3) is 5.05. The summed E-state index contributed by atoms with van der Waals surface area (Å²) in [6, 6.07) is 26.9. The minimum Gasteiger partial charge on any atom is -0.491 e. The van der Waals surface area contributed by atoms with Gasteiger partial charge in [0.2, 0.25) is 0 Å². The minimum atomic E-state index is -0.682. The van der Waals surface area contributed by atoms with E-state index in [0.29, 0.717) is 17.9 Å². The fourth-order valence-electron chi connectivity index (χ4n) is 4.04. The molecule has 1 amide bonds. The lowest BCUT2D eigenvalue weighted by Crippen LogP contribution is -2.23. The lowest BCUT2D eigenvalue weighted by atomic mass is 10.2. The maximum absolute atomic E-state index is 12.0. The zero-order valence-electron chi connectivity index (χ0n) is 18.9. The third-order valence-corrected chi connectivity index (χ3v) is 5.72. The first kappa shape index (κ1) is 22.3. The molecule has 0 saturated carbocycles. The molecule has 0 unspecified atom stereocenters. The van der Waals surface area contributed by atoms with Crippen molar-refractivity contribution in [2.45, 2.75) is 12.6 Å². The van der Waals surface area contributed by atoms with Crippen LogP contribution in [0.5, 0.6) is 5.75 Å². The number of carbonyl (C=O) groups excluding carboxylic acids is 1. The van der Waals surface area contributed by atoms with E-state index >= 15 is 0 Å². The van der Waals surface area contributed by atoms with E-state index in [0.717, 1.165) is 16.6 Å². The number of aromatic nitrogens is 2. The Morgan fingerprint density at radius 3 is 2.23 bits per heavy atom. The van der Waals surface area contributed by atoms with Crippen molar-refractivity contribution in [1.29, 1.82) is 0 Å². The van der Waals surface area contributed by atoms with Gasteiger partial charge in [0.1, 0.15) is 18.5 Å². The molecule has 3 aromatic carbocycles. The molecule has 0 aliphatic rings. The highest BCUT2D eigenvalue weighted by atomic mass is 16.5. The van der Waals surface area contributed by atoms with E-state index in [1.807, 2.05) is 36.4 Å². The van der Waals surface area contributed by atoms with Crippen LogP contribution in [0, 0.1) is 0 Å². The second-order valence-electron chi connectivity index (χ2n) is 8.11. The van der Waals surface area contributed by atoms with Crippen molar-refractivity contribution in [3.8, 4) is 5.75 Å². The highest BCUT2D eigenvalue weighted by Gasteiger charge is 2.14. The van der Waals surface area contributed by atoms with Crippen molar-refractivity contribution in [2.24, 2.45) is 5.10 Å². The molecule has 174 valence electrons. The SMILES string of the molecule is O=C(N/N=C\c1ccc(OC[C@H](O)Cn2c3ccccc3c3ccccc32)cc1)c1ccncc1. The van der Waals surface area contributed by atoms with E-state index in [9.17, 15) is 9.90 Å². The van der Waals surface area contributed by atoms with Crippen LogP contribution in [0.3, 0.4) is 0 Å². The molecular weight excluding hydrogens is 440 g/mol. The molecule has 0 aliphatic carbocycles. The average Bonchev–Trinajstić information content (AvgIpc) is 3.22. The summed E-state index contributed by atoms with van der Waals surface area (Å²) in [5.41, 5.74) is 5.96. The molecule has 1 atom stereocenters. The quantitative estimate of drug-likeness (QED) is 0.263. The molecule has 0 fully saturated rings. The zero-order valence-corrected chi connectivity index (χ0v) is 18.9. The summed E-state index contributed by atoms with van der Waals surface area (Å²) in [4.78, 5) is 15.9. The number of para-hydroxylation sites is 2. The van der Waals surface area contributed by atoms with Gasteiger partial charge in [0.15, 0.2) is 0 Å². The predicted molar refractivity (Wildman–Crippen MR) is 137 cm³/mol. The van der Waals surface area contributed by atoms with E-state index in [-0.39, 0.29) is 12.5 Å². The number of hydrazone groups is 1. The Kier molecular flexibility index (Phi) is 6.50. The van der Waals surface area contributed by atoms with E-state index < -0.39 is 6.10 Å². The fourth-order valence-corrected chi connectivity index (χ4v) is 4.04. The molecule has 2 aromatic heterocycles. The van der Waals surface area contributed by atoms with Gasteiger partial charge >= 0.3 is 0 Å². The smallest absolute Gasteiger partial charge is 0.271 e. The molecule has 0 spiro atoms. The molecule has 7 heteroatoms. The van der Waals surface area contributed by atoms with Crippen LogP contribution in [-0.2, 0) is 6.54 Å². The Morgan fingerprint density at radius 2 is 1.57 bits per heavy atom. The number of benzene rings is 3. The maximum Gasteiger partial charge on any atom is 0.271 e. The third-order valence-electron chi connectivity index (χ3n) is 5.72. The van der Waals surface area contributed by atoms with Crippen molar-refractivity contribution >= 4 is 33.9 Å². The lowest BCUT2D eigenvalue weighted by molar-refractivity contribution is 0.0944. The van der Waals surface area contributed by atoms with Gasteiger partial charge in [-0.1, -0.05) is 36.4 Å². The molecule has 2 N–H and O–H groups in total. The maximum atomic E-state index is 12.0. The number of carbonyl (C=O) groups is 1. The topological polar surface area (TPSA) is 88.7 Å². The van der Waals surface area contributed by atoms with Gasteiger partial charge in [-0.25, -0.2) is 5.43 Å². The molecule has 7 nitrogen and oxygen atoms in total. The molecule has 0 radical (unpaired) electrons. The van der Waals surface area contributed by atoms with E-state index in [1.165, 1.54) is 10.8 Å². The highest BCUT2D eigenvalue weighted by molar-refractivity contribution is 6.07. The molecule has 5 aromatic rings. The van der Waals surface area contributed by atoms with Crippen molar-refractivity contribution in [1.82, 2.24) is 15.0 Å². The Bertz CT molecular complexity index is 1420. The van der Waals surface area contributed by atoms with Crippen molar-refractivity contribution in [3.05, 3.63) is 108 Å². The Balaban J connectivity index is 1.18. The van der Waals surface area contributed by atoms with Gasteiger partial charge < -0.3 is 14.4 Å². The van der Waals surface area contributed by atoms with Crippen LogP contribution in [0.25, 0.3) is 21.8 Å². The van der Waals surface area contributed by atoms with Gasteiger partial charge in [-0.15, -0.1) is 0 Å². The van der Waals surface area contributed by atoms with Crippen LogP contribution in [0.15, 0.2) is 102 Å². The first-order valence-corrected chi connectivity index (χ1v) is 11.3. The predicted octanol–water partition coefficient (Wildman–Crippen LogP) is 4.39. The number of hydrogen-bond acceptors (Lipinski definition) is 5. The van der Waals surface area contributed by atoms with Crippen LogP contribution in [-0.4, -0.2) is 39.5 Å². The van der Waals surface area contributed by atoms with Gasteiger partial charge in [-0.3, -0.25) is 9.78 Å². The van der Waals surface area contributed by atoms with E-state index in [2.05, 4.69) is 44.3 Å². The molecule has 2 heterocycles. The Hall–Kier alpha value is -4.49. The number of ether oxygens (including phenoxy) is 1. The standard InChI is InChI=1S/C28H24N4O3/c33-22(18-32-26-7-3-1-5-24(26)25-6-2-4-8-27(25)32)19-35-23-11-9-20(10-12-23)17-30-31-28(34)21-13-15-29-16-14-21/h1-17,22,33H,18-19H2,(H,31,34)/b30-17-/t22-/m1/s1. The number of hydrogen-bond donors (Lipinski definition) is 2. The monoisotopic (exact) mass is 464 g/mol.